The number of hydrogen-bond acceptors (Lipinski definition) is 1. The van der Waals surface area contributed by atoms with E-state index < -0.39 is 35.3 Å². The number of rotatable bonds is 46. The summed E-state index contributed by atoms with van der Waals surface area (Å²) in [5.74, 6) is 0. The molecular weight excluding hydrogens is 901 g/mol. The van der Waals surface area contributed by atoms with Crippen LogP contribution in [0.2, 0.25) is 17.7 Å². The molecule has 0 saturated carbocycles. The first-order valence-electron chi connectivity index (χ1n) is 25.0. The molecule has 1 nitrogen and oxygen atoms in total. The molecule has 0 atom stereocenters. The van der Waals surface area contributed by atoms with Crippen molar-refractivity contribution in [1.82, 2.24) is 0 Å². The average molecular weight is 1000 g/mol. The van der Waals surface area contributed by atoms with Crippen LogP contribution in [0.15, 0.2) is 0 Å². The van der Waals surface area contributed by atoms with Gasteiger partial charge in [-0.1, -0.05) is 0 Å². The van der Waals surface area contributed by atoms with E-state index in [1.165, 1.54) is 275 Å². The third-order valence-electron chi connectivity index (χ3n) is 12.0. The van der Waals surface area contributed by atoms with Gasteiger partial charge >= 0.3 is 357 Å². The first-order valence-corrected chi connectivity index (χ1v) is 42.7. The molecule has 53 heavy (non-hydrogen) atoms. The third kappa shape index (κ3) is 40.7. The van der Waals surface area contributed by atoms with E-state index >= 15 is 0 Å². The van der Waals surface area contributed by atoms with Crippen molar-refractivity contribution >= 4 is 53.2 Å². The van der Waals surface area contributed by atoms with Gasteiger partial charge in [-0.25, -0.2) is 0 Å². The molecule has 0 aliphatic heterocycles. The molecule has 0 rings (SSSR count). The van der Waals surface area contributed by atoms with E-state index in [1.54, 1.807) is 0 Å². The molecule has 0 amide bonds. The molecule has 320 valence electrons. The van der Waals surface area contributed by atoms with Crippen molar-refractivity contribution in [2.75, 3.05) is 0 Å². The van der Waals surface area contributed by atoms with E-state index in [1.807, 2.05) is 0 Å². The van der Waals surface area contributed by atoms with Gasteiger partial charge in [-0.3, -0.25) is 0 Å². The molecule has 0 aromatic carbocycles. The van der Waals surface area contributed by atoms with Crippen LogP contribution in [0, 0.1) is 0 Å². The molecule has 0 unspecified atom stereocenters. The van der Waals surface area contributed by atoms with Gasteiger partial charge in [0, 0.05) is 0 Å². The molecular formula is C48H100Cl2OSn2. The topological polar surface area (TPSA) is 9.23 Å². The van der Waals surface area contributed by atoms with Crippen molar-refractivity contribution in [3.05, 3.63) is 0 Å². The second kappa shape index (κ2) is 43.7. The second-order valence-electron chi connectivity index (χ2n) is 17.6. The van der Waals surface area contributed by atoms with Crippen LogP contribution in [-0.2, 0) is 1.41 Å². The van der Waals surface area contributed by atoms with E-state index in [4.69, 9.17) is 19.3 Å². The van der Waals surface area contributed by atoms with E-state index in [0.29, 0.717) is 0 Å². The number of unbranched alkanes of at least 4 members (excludes halogenated alkanes) is 36. The molecule has 0 spiro atoms. The zero-order chi connectivity index (χ0) is 38.8. The number of halogens is 2. The molecule has 0 heterocycles. The Bertz CT molecular complexity index is 588. The zero-order valence-corrected chi connectivity index (χ0v) is 44.5. The normalized spacial score (nSPS) is 12.3. The maximum absolute atomic E-state index is 7.87. The molecule has 0 bridgehead atoms. The molecule has 0 fully saturated rings. The van der Waals surface area contributed by atoms with Crippen molar-refractivity contribution in [1.29, 1.82) is 0 Å². The Labute approximate surface area is 353 Å². The van der Waals surface area contributed by atoms with Gasteiger partial charge in [-0.2, -0.15) is 0 Å². The minimum absolute atomic E-state index is 1.21. The van der Waals surface area contributed by atoms with Crippen molar-refractivity contribution in [2.45, 2.75) is 302 Å². The first kappa shape index (κ1) is 55.1. The zero-order valence-electron chi connectivity index (χ0n) is 37.3. The fourth-order valence-corrected chi connectivity index (χ4v) is 60.7. The van der Waals surface area contributed by atoms with Crippen molar-refractivity contribution < 1.29 is 1.41 Å². The molecule has 5 heteroatoms. The Balaban J connectivity index is 5.09. The molecule has 0 aliphatic carbocycles. The second-order valence-corrected chi connectivity index (χ2v) is 47.1. The summed E-state index contributed by atoms with van der Waals surface area (Å²) in [5.41, 5.74) is 0. The fraction of sp³-hybridized carbons (Fsp3) is 1.00. The summed E-state index contributed by atoms with van der Waals surface area (Å²) in [4.78, 5) is 0. The predicted molar refractivity (Wildman–Crippen MR) is 251 cm³/mol. The van der Waals surface area contributed by atoms with Gasteiger partial charge in [0.15, 0.2) is 0 Å². The standard InChI is InChI=1S/4C12H25.2ClH.O.2Sn/c4*1-3-5-7-9-11-12-10-8-6-4-2;;;;;/h4*1,3-12H2,2H3;2*1H;;;/q;;;;;;;2*+1/p-2. The van der Waals surface area contributed by atoms with Gasteiger partial charge in [-0.15, -0.1) is 0 Å². The summed E-state index contributed by atoms with van der Waals surface area (Å²) in [7, 11) is 15.7. The van der Waals surface area contributed by atoms with Gasteiger partial charge in [0.25, 0.3) is 0 Å². The summed E-state index contributed by atoms with van der Waals surface area (Å²) in [6.07, 6.45) is 55.7. The van der Waals surface area contributed by atoms with Crippen LogP contribution < -0.4 is 0 Å². The molecule has 0 aliphatic rings. The van der Waals surface area contributed by atoms with Crippen molar-refractivity contribution in [2.24, 2.45) is 0 Å². The molecule has 0 saturated heterocycles. The molecule has 0 radical (unpaired) electrons. The third-order valence-corrected chi connectivity index (χ3v) is 52.7. The average Bonchev–Trinajstić information content (AvgIpc) is 3.14. The number of hydrogen-bond donors (Lipinski definition) is 0. The van der Waals surface area contributed by atoms with E-state index in [2.05, 4.69) is 27.7 Å². The summed E-state index contributed by atoms with van der Waals surface area (Å²) in [6, 6.07) is 0. The van der Waals surface area contributed by atoms with E-state index in [-0.39, 0.29) is 0 Å². The molecule has 0 aromatic heterocycles. The Kier molecular flexibility index (Phi) is 45.5. The van der Waals surface area contributed by atoms with E-state index in [0.717, 1.165) is 0 Å². The van der Waals surface area contributed by atoms with Crippen LogP contribution in [0.4, 0.5) is 0 Å². The van der Waals surface area contributed by atoms with Gasteiger partial charge in [0.2, 0.25) is 0 Å². The van der Waals surface area contributed by atoms with Crippen molar-refractivity contribution in [3.63, 3.8) is 0 Å². The SMILES string of the molecule is CCCCCCCCCCC[CH2][Sn]([Cl])([CH2]CCCCCCCCCCC)[O][Sn]([Cl])([CH2]CCCCCCCCCCC)[CH2]CCCCCCCCCCC. The Morgan fingerprint density at radius 1 is 0.226 bits per heavy atom. The summed E-state index contributed by atoms with van der Waals surface area (Å²) < 4.78 is 12.4. The van der Waals surface area contributed by atoms with Crippen LogP contribution in [0.3, 0.4) is 0 Å². The Morgan fingerprint density at radius 2 is 0.358 bits per heavy atom. The Morgan fingerprint density at radius 3 is 0.509 bits per heavy atom. The van der Waals surface area contributed by atoms with Gasteiger partial charge in [0.05, 0.1) is 0 Å². The first-order chi connectivity index (χ1) is 25.9. The van der Waals surface area contributed by atoms with E-state index in [9.17, 15) is 0 Å². The molecule has 0 N–H and O–H groups in total. The Hall–Kier alpha value is 2.14. The van der Waals surface area contributed by atoms with Crippen LogP contribution in [-0.4, -0.2) is 35.3 Å². The quantitative estimate of drug-likeness (QED) is 0.0436. The van der Waals surface area contributed by atoms with Crippen LogP contribution in [0.25, 0.3) is 0 Å². The molecule has 0 aromatic rings. The van der Waals surface area contributed by atoms with Gasteiger partial charge in [-0.05, 0) is 0 Å². The van der Waals surface area contributed by atoms with Gasteiger partial charge < -0.3 is 0 Å². The maximum atomic E-state index is 7.87. The van der Waals surface area contributed by atoms with Crippen LogP contribution in [0.5, 0.6) is 0 Å². The summed E-state index contributed by atoms with van der Waals surface area (Å²) in [6.45, 7) is 9.26. The summed E-state index contributed by atoms with van der Waals surface area (Å²) >= 11 is -6.50. The minimum atomic E-state index is -3.25. The fourth-order valence-electron chi connectivity index (χ4n) is 8.29. The van der Waals surface area contributed by atoms with Crippen LogP contribution >= 0.6 is 17.8 Å². The van der Waals surface area contributed by atoms with Crippen LogP contribution in [0.1, 0.15) is 285 Å². The monoisotopic (exact) mass is 1000 g/mol. The van der Waals surface area contributed by atoms with Crippen molar-refractivity contribution in [3.8, 4) is 0 Å². The summed E-state index contributed by atoms with van der Waals surface area (Å²) in [5, 5.41) is 0. The predicted octanol–water partition coefficient (Wildman–Crippen LogP) is 20.0. The van der Waals surface area contributed by atoms with Gasteiger partial charge in [0.1, 0.15) is 0 Å².